The molecule has 3 fully saturated rings. The second kappa shape index (κ2) is 14.8. The van der Waals surface area contributed by atoms with Crippen LogP contribution in [0.15, 0.2) is 85.6 Å². The van der Waals surface area contributed by atoms with Crippen LogP contribution in [-0.2, 0) is 9.59 Å². The van der Waals surface area contributed by atoms with Gasteiger partial charge in [-0.25, -0.2) is 19.5 Å². The summed E-state index contributed by atoms with van der Waals surface area (Å²) in [5.41, 5.74) is 6.10. The summed E-state index contributed by atoms with van der Waals surface area (Å²) < 4.78 is 7.85. The fraction of sp³-hybridized carbons (Fsp3) is 0.302. The van der Waals surface area contributed by atoms with Crippen LogP contribution in [-0.4, -0.2) is 109 Å². The lowest BCUT2D eigenvalue weighted by Crippen LogP contribution is -2.54. The third-order valence-electron chi connectivity index (χ3n) is 12.0. The van der Waals surface area contributed by atoms with Crippen LogP contribution in [0.4, 0.5) is 22.9 Å². The van der Waals surface area contributed by atoms with Crippen LogP contribution in [0.2, 0.25) is 0 Å². The Labute approximate surface area is 338 Å². The van der Waals surface area contributed by atoms with Crippen LogP contribution < -0.4 is 25.2 Å². The maximum absolute atomic E-state index is 13.4. The van der Waals surface area contributed by atoms with Gasteiger partial charge in [0.25, 0.3) is 11.8 Å². The van der Waals surface area contributed by atoms with Gasteiger partial charge < -0.3 is 19.9 Å². The summed E-state index contributed by atoms with van der Waals surface area (Å²) >= 11 is 0. The highest BCUT2D eigenvalue weighted by Crippen LogP contribution is 2.34. The molecule has 10 rings (SSSR count). The van der Waals surface area contributed by atoms with Crippen molar-refractivity contribution >= 4 is 63.1 Å². The number of piperazine rings is 1. The fourth-order valence-corrected chi connectivity index (χ4v) is 8.80. The molecule has 0 spiro atoms. The highest BCUT2D eigenvalue weighted by atomic mass is 16.5. The van der Waals surface area contributed by atoms with Crippen molar-refractivity contribution in [2.45, 2.75) is 44.7 Å². The Morgan fingerprint density at radius 2 is 1.53 bits per heavy atom. The van der Waals surface area contributed by atoms with Gasteiger partial charge in [0.05, 0.1) is 16.6 Å². The predicted molar refractivity (Wildman–Crippen MR) is 219 cm³/mol. The third-order valence-corrected chi connectivity index (χ3v) is 12.0. The lowest BCUT2D eigenvalue weighted by Gasteiger charge is -2.44. The molecule has 0 saturated carbocycles. The van der Waals surface area contributed by atoms with Gasteiger partial charge in [0, 0.05) is 86.4 Å². The van der Waals surface area contributed by atoms with E-state index < -0.39 is 23.8 Å². The first-order valence-electron chi connectivity index (χ1n) is 19.9. The van der Waals surface area contributed by atoms with Gasteiger partial charge in [-0.3, -0.25) is 34.3 Å². The number of carbonyl (C=O) groups is 4. The lowest BCUT2D eigenvalue weighted by molar-refractivity contribution is -0.136. The molecule has 6 aromatic rings. The number of aromatic nitrogens is 5. The van der Waals surface area contributed by atoms with Gasteiger partial charge in [0.15, 0.2) is 5.65 Å². The quantitative estimate of drug-likeness (QED) is 0.204. The van der Waals surface area contributed by atoms with Crippen LogP contribution in [0.1, 0.15) is 52.0 Å². The van der Waals surface area contributed by atoms with E-state index in [-0.39, 0.29) is 18.7 Å². The number of rotatable bonds is 8. The van der Waals surface area contributed by atoms with E-state index in [1.807, 2.05) is 49.5 Å². The molecule has 1 atom stereocenters. The number of hydrogen-bond acceptors (Lipinski definition) is 13. The Balaban J connectivity index is 0.738. The maximum atomic E-state index is 13.4. The molecule has 0 radical (unpaired) electrons. The zero-order valence-electron chi connectivity index (χ0n) is 32.4. The van der Waals surface area contributed by atoms with E-state index in [4.69, 9.17) is 4.74 Å². The average Bonchev–Trinajstić information content (AvgIpc) is 3.82. The monoisotopic (exact) mass is 791 g/mol. The number of nitrogens with one attached hydrogen (secondary N) is 2. The van der Waals surface area contributed by atoms with Crippen LogP contribution in [0.5, 0.6) is 11.5 Å². The minimum atomic E-state index is -0.972. The summed E-state index contributed by atoms with van der Waals surface area (Å²) in [5.74, 6) is 0.211. The Kier molecular flexibility index (Phi) is 9.12. The predicted octanol–water partition coefficient (Wildman–Crippen LogP) is 4.71. The molecule has 0 aliphatic carbocycles. The summed E-state index contributed by atoms with van der Waals surface area (Å²) in [6.07, 6.45) is 7.26. The fourth-order valence-electron chi connectivity index (χ4n) is 8.80. The highest BCUT2D eigenvalue weighted by molar-refractivity contribution is 6.23. The number of imide groups is 2. The Bertz CT molecular complexity index is 2670. The Morgan fingerprint density at radius 3 is 2.34 bits per heavy atom. The van der Waals surface area contributed by atoms with Crippen molar-refractivity contribution in [3.8, 4) is 11.5 Å². The van der Waals surface area contributed by atoms with E-state index in [9.17, 15) is 19.2 Å². The lowest BCUT2D eigenvalue weighted by atomic mass is 10.0. The zero-order valence-corrected chi connectivity index (χ0v) is 32.4. The molecule has 4 aliphatic heterocycles. The average molecular weight is 792 g/mol. The topological polar surface area (TPSA) is 170 Å². The molecule has 16 heteroatoms. The standard InChI is InChI=1S/C43H41N11O5/c1-26-20-27(2-8-37(26)59-31-12-15-53-38(23-31)45-25-47-53)48-40-33-6-4-30(22-35(33)44-24-46-40)50-13-10-28(11-14-50)51-16-18-52(19-17-51)29-3-5-32-34(21-29)43(58)54(42(32)57)36-7-9-39(55)49-41(36)56/h2-6,8,12,15,20-25,28,36H,7,9-11,13-14,16-19H2,1H3,(H,44,46,48)(H,49,55,56). The second-order valence-electron chi connectivity index (χ2n) is 15.5. The summed E-state index contributed by atoms with van der Waals surface area (Å²) in [4.78, 5) is 72.4. The van der Waals surface area contributed by atoms with E-state index in [1.165, 1.54) is 6.33 Å². The van der Waals surface area contributed by atoms with Crippen molar-refractivity contribution in [3.63, 3.8) is 0 Å². The van der Waals surface area contributed by atoms with Crippen molar-refractivity contribution in [2.24, 2.45) is 0 Å². The van der Waals surface area contributed by atoms with Crippen molar-refractivity contribution in [1.82, 2.24) is 39.7 Å². The molecule has 59 heavy (non-hydrogen) atoms. The molecule has 7 heterocycles. The van der Waals surface area contributed by atoms with Crippen LogP contribution >= 0.6 is 0 Å². The summed E-state index contributed by atoms with van der Waals surface area (Å²) in [6, 6.07) is 20.9. The second-order valence-corrected chi connectivity index (χ2v) is 15.5. The van der Waals surface area contributed by atoms with Crippen molar-refractivity contribution in [2.75, 3.05) is 54.4 Å². The van der Waals surface area contributed by atoms with Crippen LogP contribution in [0.3, 0.4) is 0 Å². The maximum Gasteiger partial charge on any atom is 0.262 e. The van der Waals surface area contributed by atoms with Crippen molar-refractivity contribution in [3.05, 3.63) is 102 Å². The van der Waals surface area contributed by atoms with Gasteiger partial charge in [0.2, 0.25) is 11.8 Å². The Hall–Kier alpha value is -6.94. The number of ether oxygens (including phenoxy) is 1. The van der Waals surface area contributed by atoms with E-state index in [0.717, 1.165) is 102 Å². The molecule has 16 nitrogen and oxygen atoms in total. The van der Waals surface area contributed by atoms with Gasteiger partial charge >= 0.3 is 0 Å². The van der Waals surface area contributed by atoms with Gasteiger partial charge in [-0.15, -0.1) is 0 Å². The minimum Gasteiger partial charge on any atom is -0.457 e. The smallest absolute Gasteiger partial charge is 0.262 e. The molecule has 3 saturated heterocycles. The molecule has 4 amide bonds. The summed E-state index contributed by atoms with van der Waals surface area (Å²) in [5, 5.41) is 10.8. The van der Waals surface area contributed by atoms with Crippen molar-refractivity contribution < 1.29 is 23.9 Å². The SMILES string of the molecule is Cc1cc(Nc2ncnc3cc(N4CCC(N5CCN(c6ccc7c(c6)C(=O)N(C6CCC(=O)NC6=O)C7=O)CC5)CC4)ccc23)ccc1Oc1ccn2ncnc2c1. The summed E-state index contributed by atoms with van der Waals surface area (Å²) in [7, 11) is 0. The number of benzene rings is 3. The molecule has 1 unspecified atom stereocenters. The van der Waals surface area contributed by atoms with E-state index in [0.29, 0.717) is 28.6 Å². The van der Waals surface area contributed by atoms with E-state index in [1.54, 1.807) is 23.0 Å². The molecular weight excluding hydrogens is 751 g/mol. The first kappa shape index (κ1) is 36.4. The normalized spacial score (nSPS) is 19.1. The number of aryl methyl sites for hydroxylation is 1. The number of hydrogen-bond donors (Lipinski definition) is 2. The van der Waals surface area contributed by atoms with Crippen LogP contribution in [0.25, 0.3) is 16.6 Å². The zero-order chi connectivity index (χ0) is 40.2. The molecule has 0 bridgehead atoms. The number of carbonyl (C=O) groups excluding carboxylic acids is 4. The van der Waals surface area contributed by atoms with E-state index in [2.05, 4.69) is 63.6 Å². The summed E-state index contributed by atoms with van der Waals surface area (Å²) in [6.45, 7) is 7.30. The van der Waals surface area contributed by atoms with Crippen molar-refractivity contribution in [1.29, 1.82) is 0 Å². The first-order valence-corrected chi connectivity index (χ1v) is 19.9. The third kappa shape index (κ3) is 6.84. The number of anilines is 4. The Morgan fingerprint density at radius 1 is 0.746 bits per heavy atom. The number of nitrogens with zero attached hydrogens (tertiary/aromatic N) is 9. The van der Waals surface area contributed by atoms with Gasteiger partial charge in [-0.1, -0.05) is 0 Å². The molecule has 298 valence electrons. The van der Waals surface area contributed by atoms with Gasteiger partial charge in [-0.05, 0) is 92.4 Å². The first-order chi connectivity index (χ1) is 28.8. The molecular formula is C43H41N11O5. The molecule has 2 N–H and O–H groups in total. The number of pyridine rings is 1. The highest BCUT2D eigenvalue weighted by Gasteiger charge is 2.45. The largest absolute Gasteiger partial charge is 0.457 e. The number of amides is 4. The van der Waals surface area contributed by atoms with Crippen LogP contribution in [0, 0.1) is 6.92 Å². The number of fused-ring (bicyclic) bond motifs is 3. The molecule has 3 aromatic carbocycles. The number of piperidine rings is 2. The minimum absolute atomic E-state index is 0.0940. The molecule has 3 aromatic heterocycles. The molecule has 4 aliphatic rings. The van der Waals surface area contributed by atoms with Gasteiger partial charge in [0.1, 0.15) is 36.0 Å². The van der Waals surface area contributed by atoms with Gasteiger partial charge in [-0.2, -0.15) is 5.10 Å². The van der Waals surface area contributed by atoms with E-state index >= 15 is 0 Å².